The average Bonchev–Trinajstić information content (AvgIpc) is 3.63. The van der Waals surface area contributed by atoms with Gasteiger partial charge in [0, 0.05) is 49.9 Å². The summed E-state index contributed by atoms with van der Waals surface area (Å²) in [6, 6.07) is 3.58. The summed E-state index contributed by atoms with van der Waals surface area (Å²) >= 11 is 0. The highest BCUT2D eigenvalue weighted by Crippen LogP contribution is 2.38. The Bertz CT molecular complexity index is 888. The Morgan fingerprint density at radius 1 is 0.967 bits per heavy atom. The van der Waals surface area contributed by atoms with Crippen molar-refractivity contribution in [1.82, 2.24) is 24.8 Å². The average molecular weight is 418 g/mol. The molecule has 2 aliphatic carbocycles. The Balaban J connectivity index is 1.24. The van der Waals surface area contributed by atoms with Gasteiger partial charge in [-0.1, -0.05) is 0 Å². The minimum atomic E-state index is -4.45. The number of rotatable bonds is 6. The molecule has 160 valence electrons. The number of hydrogen-bond acceptors (Lipinski definition) is 6. The SMILES string of the molecule is FC(F)(F)c1cc(N(C2CC2)C2CCN(Cc3ccnc(C4CC4)n3)CC2)ncn1. The van der Waals surface area contributed by atoms with E-state index in [9.17, 15) is 13.2 Å². The van der Waals surface area contributed by atoms with E-state index in [1.54, 1.807) is 0 Å². The van der Waals surface area contributed by atoms with E-state index in [0.717, 1.165) is 69.2 Å². The number of likely N-dealkylation sites (tertiary alicyclic amines) is 1. The van der Waals surface area contributed by atoms with Crippen LogP contribution < -0.4 is 4.90 Å². The summed E-state index contributed by atoms with van der Waals surface area (Å²) < 4.78 is 39.3. The number of piperidine rings is 1. The molecule has 0 unspecified atom stereocenters. The molecule has 6 nitrogen and oxygen atoms in total. The first-order valence-corrected chi connectivity index (χ1v) is 10.7. The van der Waals surface area contributed by atoms with Crippen LogP contribution in [0.1, 0.15) is 61.7 Å². The van der Waals surface area contributed by atoms with Crippen LogP contribution in [0, 0.1) is 0 Å². The maximum absolute atomic E-state index is 13.1. The Morgan fingerprint density at radius 3 is 2.37 bits per heavy atom. The fourth-order valence-electron chi connectivity index (χ4n) is 4.29. The zero-order chi connectivity index (χ0) is 20.7. The van der Waals surface area contributed by atoms with Crippen LogP contribution in [-0.4, -0.2) is 50.0 Å². The molecule has 30 heavy (non-hydrogen) atoms. The first-order chi connectivity index (χ1) is 14.5. The number of alkyl halides is 3. The smallest absolute Gasteiger partial charge is 0.350 e. The predicted molar refractivity (Wildman–Crippen MR) is 105 cm³/mol. The Labute approximate surface area is 173 Å². The van der Waals surface area contributed by atoms with Crippen LogP contribution in [0.4, 0.5) is 19.0 Å². The van der Waals surface area contributed by atoms with Crippen LogP contribution >= 0.6 is 0 Å². The molecule has 2 saturated carbocycles. The highest BCUT2D eigenvalue weighted by atomic mass is 19.4. The molecule has 3 aliphatic rings. The molecule has 0 atom stereocenters. The van der Waals surface area contributed by atoms with Gasteiger partial charge < -0.3 is 4.90 Å². The molecule has 5 rings (SSSR count). The van der Waals surface area contributed by atoms with Gasteiger partial charge in [-0.05, 0) is 44.6 Å². The van der Waals surface area contributed by atoms with Crippen molar-refractivity contribution in [3.8, 4) is 0 Å². The van der Waals surface area contributed by atoms with Crippen LogP contribution in [0.5, 0.6) is 0 Å². The number of aromatic nitrogens is 4. The molecule has 3 fully saturated rings. The fourth-order valence-corrected chi connectivity index (χ4v) is 4.29. The number of nitrogens with zero attached hydrogens (tertiary/aromatic N) is 6. The molecule has 3 heterocycles. The van der Waals surface area contributed by atoms with Gasteiger partial charge >= 0.3 is 6.18 Å². The molecule has 0 amide bonds. The van der Waals surface area contributed by atoms with Gasteiger partial charge in [0.1, 0.15) is 23.7 Å². The van der Waals surface area contributed by atoms with Gasteiger partial charge in [-0.3, -0.25) is 4.90 Å². The van der Waals surface area contributed by atoms with Gasteiger partial charge in [0.05, 0.1) is 5.69 Å². The molecule has 0 bridgehead atoms. The monoisotopic (exact) mass is 418 g/mol. The maximum Gasteiger partial charge on any atom is 0.433 e. The summed E-state index contributed by atoms with van der Waals surface area (Å²) in [6.07, 6.45) is 4.64. The van der Waals surface area contributed by atoms with Crippen molar-refractivity contribution < 1.29 is 13.2 Å². The molecule has 0 spiro atoms. The quantitative estimate of drug-likeness (QED) is 0.711. The summed E-state index contributed by atoms with van der Waals surface area (Å²) in [5.41, 5.74) is 0.181. The normalized spacial score (nSPS) is 21.0. The lowest BCUT2D eigenvalue weighted by Gasteiger charge is -2.39. The minimum absolute atomic E-state index is 0.206. The van der Waals surface area contributed by atoms with Crippen molar-refractivity contribution in [3.63, 3.8) is 0 Å². The van der Waals surface area contributed by atoms with Crippen molar-refractivity contribution >= 4 is 5.82 Å². The molecular formula is C21H25F3N6. The Hall–Kier alpha value is -2.29. The van der Waals surface area contributed by atoms with E-state index in [0.29, 0.717) is 17.8 Å². The van der Waals surface area contributed by atoms with Gasteiger partial charge in [-0.15, -0.1) is 0 Å². The van der Waals surface area contributed by atoms with Crippen molar-refractivity contribution in [2.75, 3.05) is 18.0 Å². The second-order valence-corrected chi connectivity index (χ2v) is 8.59. The molecule has 0 radical (unpaired) electrons. The first-order valence-electron chi connectivity index (χ1n) is 10.7. The molecule has 2 aromatic rings. The molecule has 9 heteroatoms. The van der Waals surface area contributed by atoms with Crippen molar-refractivity contribution in [1.29, 1.82) is 0 Å². The standard InChI is InChI=1S/C21H25F3N6/c22-21(23,24)18-11-19(27-13-26-18)30(16-3-4-16)17-6-9-29(10-7-17)12-15-5-8-25-20(28-15)14-1-2-14/h5,8,11,13-14,16-17H,1-4,6-7,9-10,12H2. The predicted octanol–water partition coefficient (Wildman–Crippen LogP) is 3.80. The highest BCUT2D eigenvalue weighted by Gasteiger charge is 2.39. The van der Waals surface area contributed by atoms with Crippen molar-refractivity contribution in [2.45, 2.75) is 69.2 Å². The maximum atomic E-state index is 13.1. The number of anilines is 1. The molecule has 1 saturated heterocycles. The van der Waals surface area contributed by atoms with E-state index in [4.69, 9.17) is 4.98 Å². The summed E-state index contributed by atoms with van der Waals surface area (Å²) in [5.74, 6) is 1.91. The largest absolute Gasteiger partial charge is 0.433 e. The summed E-state index contributed by atoms with van der Waals surface area (Å²) in [7, 11) is 0. The number of halogens is 3. The molecule has 0 N–H and O–H groups in total. The lowest BCUT2D eigenvalue weighted by molar-refractivity contribution is -0.141. The Kier molecular flexibility index (Phi) is 5.08. The summed E-state index contributed by atoms with van der Waals surface area (Å²) in [4.78, 5) is 21.2. The van der Waals surface area contributed by atoms with Crippen LogP contribution in [0.15, 0.2) is 24.7 Å². The number of hydrogen-bond donors (Lipinski definition) is 0. The molecule has 1 aliphatic heterocycles. The third-order valence-electron chi connectivity index (χ3n) is 6.16. The van der Waals surface area contributed by atoms with E-state index >= 15 is 0 Å². The van der Waals surface area contributed by atoms with E-state index in [1.165, 1.54) is 12.8 Å². The van der Waals surface area contributed by atoms with Gasteiger partial charge in [-0.2, -0.15) is 13.2 Å². The van der Waals surface area contributed by atoms with Crippen LogP contribution in [0.3, 0.4) is 0 Å². The fraction of sp³-hybridized carbons (Fsp3) is 0.619. The second kappa shape index (κ2) is 7.76. The van der Waals surface area contributed by atoms with E-state index in [2.05, 4.69) is 24.8 Å². The van der Waals surface area contributed by atoms with Gasteiger partial charge in [-0.25, -0.2) is 19.9 Å². The van der Waals surface area contributed by atoms with Gasteiger partial charge in [0.2, 0.25) is 0 Å². The Morgan fingerprint density at radius 2 is 1.70 bits per heavy atom. The van der Waals surface area contributed by atoms with E-state index < -0.39 is 11.9 Å². The van der Waals surface area contributed by atoms with Crippen molar-refractivity contribution in [2.24, 2.45) is 0 Å². The second-order valence-electron chi connectivity index (χ2n) is 8.59. The minimum Gasteiger partial charge on any atom is -0.350 e. The van der Waals surface area contributed by atoms with Crippen LogP contribution in [-0.2, 0) is 12.7 Å². The van der Waals surface area contributed by atoms with Crippen LogP contribution in [0.2, 0.25) is 0 Å². The van der Waals surface area contributed by atoms with E-state index in [-0.39, 0.29) is 6.04 Å². The summed E-state index contributed by atoms with van der Waals surface area (Å²) in [5, 5.41) is 0. The lowest BCUT2D eigenvalue weighted by atomic mass is 10.0. The van der Waals surface area contributed by atoms with Crippen LogP contribution in [0.25, 0.3) is 0 Å². The third kappa shape index (κ3) is 4.40. The first kappa shape index (κ1) is 19.7. The van der Waals surface area contributed by atoms with Gasteiger partial charge in [0.25, 0.3) is 0 Å². The van der Waals surface area contributed by atoms with Gasteiger partial charge in [0.15, 0.2) is 0 Å². The zero-order valence-electron chi connectivity index (χ0n) is 16.7. The zero-order valence-corrected chi connectivity index (χ0v) is 16.7. The van der Waals surface area contributed by atoms with E-state index in [1.807, 2.05) is 12.3 Å². The molecule has 0 aromatic carbocycles. The molecular weight excluding hydrogens is 393 g/mol. The topological polar surface area (TPSA) is 58.0 Å². The summed E-state index contributed by atoms with van der Waals surface area (Å²) in [6.45, 7) is 2.59. The molecule has 2 aromatic heterocycles. The third-order valence-corrected chi connectivity index (χ3v) is 6.16. The highest BCUT2D eigenvalue weighted by molar-refractivity contribution is 5.44. The van der Waals surface area contributed by atoms with Crippen molar-refractivity contribution in [3.05, 3.63) is 41.9 Å². The lowest BCUT2D eigenvalue weighted by Crippen LogP contribution is -2.46.